The Bertz CT molecular complexity index is 115. The maximum Gasteiger partial charge on any atom is 0.0594 e. The van der Waals surface area contributed by atoms with E-state index in [0.717, 1.165) is 0 Å². The van der Waals surface area contributed by atoms with Gasteiger partial charge in [0.15, 0.2) is 0 Å². The maximum atomic E-state index is 8.89. The first-order chi connectivity index (χ1) is 5.50. The van der Waals surface area contributed by atoms with E-state index in [0.29, 0.717) is 0 Å². The average molecular weight is 190 g/mol. The summed E-state index contributed by atoms with van der Waals surface area (Å²) in [5, 5.41) is 8.89. The predicted molar refractivity (Wildman–Crippen MR) is 57.9 cm³/mol. The second-order valence-corrected chi connectivity index (χ2v) is 5.36. The van der Waals surface area contributed by atoms with E-state index >= 15 is 0 Å². The van der Waals surface area contributed by atoms with Crippen LogP contribution in [-0.4, -0.2) is 23.9 Å². The molecule has 0 amide bonds. The Morgan fingerprint density at radius 3 is 1.15 bits per heavy atom. The van der Waals surface area contributed by atoms with Crippen LogP contribution in [0.15, 0.2) is 0 Å². The highest BCUT2D eigenvalue weighted by Gasteiger charge is 2.15. The van der Waals surface area contributed by atoms with Crippen LogP contribution in [0.25, 0.3) is 0 Å². The van der Waals surface area contributed by atoms with Gasteiger partial charge in [-0.05, 0) is 33.1 Å². The van der Waals surface area contributed by atoms with E-state index in [9.17, 15) is 0 Å². The third-order valence-corrected chi connectivity index (χ3v) is 1.87. The van der Waals surface area contributed by atoms with Gasteiger partial charge in [0, 0.05) is 7.11 Å². The molecular formula is C11H26O2. The maximum absolute atomic E-state index is 8.89. The lowest BCUT2D eigenvalue weighted by Crippen LogP contribution is -2.21. The monoisotopic (exact) mass is 190 g/mol. The summed E-state index contributed by atoms with van der Waals surface area (Å²) in [5.74, 6) is 0. The summed E-state index contributed by atoms with van der Waals surface area (Å²) >= 11 is 0. The molecule has 0 aromatic rings. The van der Waals surface area contributed by atoms with Crippen molar-refractivity contribution in [3.05, 3.63) is 0 Å². The van der Waals surface area contributed by atoms with Crippen LogP contribution in [0.1, 0.15) is 48.5 Å². The number of aliphatic hydroxyl groups is 1. The molecule has 1 N–H and O–H groups in total. The molecular weight excluding hydrogens is 164 g/mol. The second kappa shape index (κ2) is 5.61. The molecule has 0 heterocycles. The third-order valence-electron chi connectivity index (χ3n) is 1.87. The largest absolute Gasteiger partial charge is 0.393 e. The number of methoxy groups -OCH3 is 1. The van der Waals surface area contributed by atoms with Gasteiger partial charge in [0.2, 0.25) is 0 Å². The van der Waals surface area contributed by atoms with Crippen LogP contribution in [0.5, 0.6) is 0 Å². The highest BCUT2D eigenvalue weighted by molar-refractivity contribution is 4.66. The lowest BCUT2D eigenvalue weighted by atomic mass is 9.91. The smallest absolute Gasteiger partial charge is 0.0594 e. The van der Waals surface area contributed by atoms with E-state index in [4.69, 9.17) is 9.84 Å². The number of aliphatic hydroxyl groups excluding tert-OH is 1. The Morgan fingerprint density at radius 2 is 1.15 bits per heavy atom. The fourth-order valence-electron chi connectivity index (χ4n) is 0. The first-order valence-corrected chi connectivity index (χ1v) is 4.74. The van der Waals surface area contributed by atoms with Crippen molar-refractivity contribution in [2.45, 2.75) is 60.2 Å². The van der Waals surface area contributed by atoms with Crippen LogP contribution in [0.2, 0.25) is 0 Å². The minimum absolute atomic E-state index is 0.0417. The summed E-state index contributed by atoms with van der Waals surface area (Å²) in [5.41, 5.74) is 0.0972. The van der Waals surface area contributed by atoms with Gasteiger partial charge in [-0.25, -0.2) is 0 Å². The lowest BCUT2D eigenvalue weighted by molar-refractivity contribution is 0.0397. The van der Waals surface area contributed by atoms with Crippen LogP contribution >= 0.6 is 0 Å². The Kier molecular flexibility index (Phi) is 6.64. The van der Waals surface area contributed by atoms with Gasteiger partial charge in [0.25, 0.3) is 0 Å². The van der Waals surface area contributed by atoms with Gasteiger partial charge < -0.3 is 9.84 Å². The number of hydrogen-bond donors (Lipinski definition) is 1. The first kappa shape index (κ1) is 15.4. The van der Waals surface area contributed by atoms with Crippen molar-refractivity contribution < 1.29 is 9.84 Å². The van der Waals surface area contributed by atoms with E-state index < -0.39 is 0 Å². The van der Waals surface area contributed by atoms with Gasteiger partial charge in [-0.15, -0.1) is 0 Å². The number of hydrogen-bond acceptors (Lipinski definition) is 2. The second-order valence-electron chi connectivity index (χ2n) is 5.36. The molecule has 0 rings (SSSR count). The molecule has 0 bridgehead atoms. The summed E-state index contributed by atoms with van der Waals surface area (Å²) in [6, 6.07) is 0. The number of rotatable bonds is 0. The van der Waals surface area contributed by atoms with Crippen molar-refractivity contribution in [2.24, 2.45) is 5.41 Å². The zero-order valence-corrected chi connectivity index (χ0v) is 10.4. The molecule has 0 aromatic heterocycles. The predicted octanol–water partition coefficient (Wildman–Crippen LogP) is 2.84. The van der Waals surface area contributed by atoms with Crippen LogP contribution in [-0.2, 0) is 4.74 Å². The Hall–Kier alpha value is -0.0800. The fraction of sp³-hybridized carbons (Fsp3) is 1.00. The topological polar surface area (TPSA) is 29.5 Å². The van der Waals surface area contributed by atoms with Gasteiger partial charge >= 0.3 is 0 Å². The van der Waals surface area contributed by atoms with E-state index in [1.54, 1.807) is 14.0 Å². The normalized spacial score (nSPS) is 14.5. The standard InChI is InChI=1S/C6H14O.C5H12O/c1-5(7)6(2,3)4;1-5(2,3)6-4/h5,7H,1-4H3;1-4H3. The van der Waals surface area contributed by atoms with Crippen LogP contribution in [0.3, 0.4) is 0 Å². The van der Waals surface area contributed by atoms with E-state index in [-0.39, 0.29) is 17.1 Å². The first-order valence-electron chi connectivity index (χ1n) is 4.74. The summed E-state index contributed by atoms with van der Waals surface area (Å²) < 4.78 is 4.94. The average Bonchev–Trinajstić information content (AvgIpc) is 1.85. The van der Waals surface area contributed by atoms with Crippen molar-refractivity contribution >= 4 is 0 Å². The number of ether oxygens (including phenoxy) is 1. The molecule has 1 atom stereocenters. The molecule has 0 fully saturated rings. The minimum atomic E-state index is -0.201. The molecule has 0 spiro atoms. The van der Waals surface area contributed by atoms with Crippen molar-refractivity contribution in [1.82, 2.24) is 0 Å². The summed E-state index contributed by atoms with van der Waals surface area (Å²) in [4.78, 5) is 0. The SMILES string of the molecule is CC(O)C(C)(C)C.COC(C)(C)C. The molecule has 0 aliphatic heterocycles. The molecule has 13 heavy (non-hydrogen) atoms. The molecule has 2 heteroatoms. The Morgan fingerprint density at radius 1 is 1.00 bits per heavy atom. The third kappa shape index (κ3) is 14.7. The zero-order chi connectivity index (χ0) is 11.3. The van der Waals surface area contributed by atoms with E-state index in [2.05, 4.69) is 0 Å². The molecule has 82 valence electrons. The summed E-state index contributed by atoms with van der Waals surface area (Å²) in [6.45, 7) is 13.9. The van der Waals surface area contributed by atoms with Crippen LogP contribution < -0.4 is 0 Å². The van der Waals surface area contributed by atoms with Gasteiger partial charge in [-0.2, -0.15) is 0 Å². The van der Waals surface area contributed by atoms with Crippen molar-refractivity contribution in [1.29, 1.82) is 0 Å². The van der Waals surface area contributed by atoms with Crippen LogP contribution in [0.4, 0.5) is 0 Å². The highest BCUT2D eigenvalue weighted by atomic mass is 16.5. The molecule has 0 aliphatic rings. The van der Waals surface area contributed by atoms with E-state index in [1.807, 2.05) is 41.5 Å². The molecule has 1 unspecified atom stereocenters. The Labute approximate surface area is 83.3 Å². The fourth-order valence-corrected chi connectivity index (χ4v) is 0. The van der Waals surface area contributed by atoms with Crippen LogP contribution in [0, 0.1) is 5.41 Å². The Balaban J connectivity index is 0. The summed E-state index contributed by atoms with van der Waals surface area (Å²) in [7, 11) is 1.71. The molecule has 2 nitrogen and oxygen atoms in total. The molecule has 0 saturated heterocycles. The van der Waals surface area contributed by atoms with E-state index in [1.165, 1.54) is 0 Å². The molecule has 0 radical (unpaired) electrons. The van der Waals surface area contributed by atoms with Gasteiger partial charge in [0.1, 0.15) is 0 Å². The van der Waals surface area contributed by atoms with Gasteiger partial charge in [0.05, 0.1) is 11.7 Å². The molecule has 0 aromatic carbocycles. The van der Waals surface area contributed by atoms with Crippen molar-refractivity contribution in [3.8, 4) is 0 Å². The lowest BCUT2D eigenvalue weighted by Gasteiger charge is -2.21. The summed E-state index contributed by atoms with van der Waals surface area (Å²) in [6.07, 6.45) is -0.201. The minimum Gasteiger partial charge on any atom is -0.393 e. The highest BCUT2D eigenvalue weighted by Crippen LogP contribution is 2.17. The van der Waals surface area contributed by atoms with Gasteiger partial charge in [-0.3, -0.25) is 0 Å². The molecule has 0 aliphatic carbocycles. The zero-order valence-electron chi connectivity index (χ0n) is 10.4. The van der Waals surface area contributed by atoms with Crippen molar-refractivity contribution in [3.63, 3.8) is 0 Å². The van der Waals surface area contributed by atoms with Gasteiger partial charge in [-0.1, -0.05) is 20.8 Å². The molecule has 0 saturated carbocycles. The van der Waals surface area contributed by atoms with Crippen molar-refractivity contribution in [2.75, 3.05) is 7.11 Å². The quantitative estimate of drug-likeness (QED) is 0.636.